The van der Waals surface area contributed by atoms with Crippen LogP contribution >= 0.6 is 0 Å². The zero-order valence-electron chi connectivity index (χ0n) is 18.2. The highest BCUT2D eigenvalue weighted by molar-refractivity contribution is 7.95. The van der Waals surface area contributed by atoms with E-state index in [0.717, 1.165) is 30.0 Å². The topological polar surface area (TPSA) is 85.0 Å². The number of para-hydroxylation sites is 1. The standard InChI is InChI=1S/C26H20FN3O3S/c1-2-33-23-10-6-7-19(15-23)26-20(18-30(29-26)22-8-4-3-5-9-22)16-25(17-28)34(31,32)24-13-11-21(27)12-14-24/h3-16,18H,2H2,1H3/b25-16+. The normalized spacial score (nSPS) is 11.7. The largest absolute Gasteiger partial charge is 0.494 e. The van der Waals surface area contributed by atoms with Crippen molar-refractivity contribution in [3.05, 3.63) is 101 Å². The summed E-state index contributed by atoms with van der Waals surface area (Å²) in [5.74, 6) is 0.0747. The molecule has 0 unspecified atom stereocenters. The second-order valence-corrected chi connectivity index (χ2v) is 9.17. The molecule has 0 aliphatic carbocycles. The number of ether oxygens (including phenoxy) is 1. The fraction of sp³-hybridized carbons (Fsp3) is 0.0769. The van der Waals surface area contributed by atoms with Gasteiger partial charge in [0.25, 0.3) is 0 Å². The average molecular weight is 474 g/mol. The number of sulfone groups is 1. The molecule has 0 saturated carbocycles. The third-order valence-electron chi connectivity index (χ3n) is 4.99. The molecule has 170 valence electrons. The third-order valence-corrected chi connectivity index (χ3v) is 6.67. The number of hydrogen-bond donors (Lipinski definition) is 0. The summed E-state index contributed by atoms with van der Waals surface area (Å²) >= 11 is 0. The van der Waals surface area contributed by atoms with Crippen molar-refractivity contribution < 1.29 is 17.5 Å². The van der Waals surface area contributed by atoms with E-state index in [0.29, 0.717) is 29.2 Å². The summed E-state index contributed by atoms with van der Waals surface area (Å²) in [5, 5.41) is 14.4. The van der Waals surface area contributed by atoms with Crippen molar-refractivity contribution in [2.75, 3.05) is 6.61 Å². The molecule has 4 rings (SSSR count). The van der Waals surface area contributed by atoms with Crippen LogP contribution in [0.5, 0.6) is 5.75 Å². The lowest BCUT2D eigenvalue weighted by atomic mass is 10.1. The lowest BCUT2D eigenvalue weighted by Crippen LogP contribution is -2.03. The van der Waals surface area contributed by atoms with Crippen molar-refractivity contribution in [1.29, 1.82) is 5.26 Å². The van der Waals surface area contributed by atoms with Gasteiger partial charge in [0.1, 0.15) is 28.2 Å². The van der Waals surface area contributed by atoms with Crippen LogP contribution in [0.15, 0.2) is 94.9 Å². The highest BCUT2D eigenvalue weighted by Gasteiger charge is 2.22. The van der Waals surface area contributed by atoms with Gasteiger partial charge < -0.3 is 4.74 Å². The fourth-order valence-electron chi connectivity index (χ4n) is 3.38. The van der Waals surface area contributed by atoms with Gasteiger partial charge in [-0.2, -0.15) is 10.4 Å². The summed E-state index contributed by atoms with van der Waals surface area (Å²) in [7, 11) is -4.17. The summed E-state index contributed by atoms with van der Waals surface area (Å²) in [6, 6.07) is 22.7. The second kappa shape index (κ2) is 9.73. The van der Waals surface area contributed by atoms with E-state index >= 15 is 0 Å². The maximum absolute atomic E-state index is 13.3. The Labute approximate surface area is 197 Å². The molecular formula is C26H20FN3O3S. The number of aromatic nitrogens is 2. The SMILES string of the molecule is CCOc1cccc(-c2nn(-c3ccccc3)cc2/C=C(\C#N)S(=O)(=O)c2ccc(F)cc2)c1. The molecule has 0 aliphatic heterocycles. The molecule has 0 radical (unpaired) electrons. The molecule has 0 fully saturated rings. The van der Waals surface area contributed by atoms with Gasteiger partial charge in [-0.1, -0.05) is 30.3 Å². The minimum Gasteiger partial charge on any atom is -0.494 e. The van der Waals surface area contributed by atoms with Gasteiger partial charge in [0.15, 0.2) is 0 Å². The van der Waals surface area contributed by atoms with Crippen LogP contribution in [0.4, 0.5) is 4.39 Å². The molecule has 4 aromatic rings. The molecule has 3 aromatic carbocycles. The van der Waals surface area contributed by atoms with E-state index in [9.17, 15) is 18.1 Å². The number of allylic oxidation sites excluding steroid dienone is 1. The van der Waals surface area contributed by atoms with Crippen molar-refractivity contribution in [2.45, 2.75) is 11.8 Å². The summed E-state index contributed by atoms with van der Waals surface area (Å²) in [6.45, 7) is 2.37. The number of benzene rings is 3. The number of hydrogen-bond acceptors (Lipinski definition) is 5. The van der Waals surface area contributed by atoms with Gasteiger partial charge in [-0.15, -0.1) is 0 Å². The summed E-state index contributed by atoms with van der Waals surface area (Å²) in [4.78, 5) is -0.647. The zero-order valence-corrected chi connectivity index (χ0v) is 19.0. The molecule has 0 aliphatic rings. The minimum atomic E-state index is -4.17. The van der Waals surface area contributed by atoms with Crippen molar-refractivity contribution in [3.63, 3.8) is 0 Å². The van der Waals surface area contributed by atoms with E-state index in [-0.39, 0.29) is 4.90 Å². The molecule has 1 aromatic heterocycles. The first-order chi connectivity index (χ1) is 16.4. The van der Waals surface area contributed by atoms with Crippen LogP contribution < -0.4 is 4.74 Å². The average Bonchev–Trinajstić information content (AvgIpc) is 3.28. The molecule has 1 heterocycles. The van der Waals surface area contributed by atoms with Crippen LogP contribution in [-0.4, -0.2) is 24.8 Å². The van der Waals surface area contributed by atoms with Gasteiger partial charge >= 0.3 is 0 Å². The molecule has 0 amide bonds. The van der Waals surface area contributed by atoms with Crippen molar-refractivity contribution in [1.82, 2.24) is 9.78 Å². The zero-order chi connectivity index (χ0) is 24.1. The number of nitrogens with zero attached hydrogens (tertiary/aromatic N) is 3. The quantitative estimate of drug-likeness (QED) is 0.264. The van der Waals surface area contributed by atoms with Gasteiger partial charge in [0.2, 0.25) is 9.84 Å². The first-order valence-corrected chi connectivity index (χ1v) is 11.9. The van der Waals surface area contributed by atoms with Crippen molar-refractivity contribution in [3.8, 4) is 28.8 Å². The van der Waals surface area contributed by atoms with Crippen LogP contribution in [0.1, 0.15) is 12.5 Å². The van der Waals surface area contributed by atoms with Crippen LogP contribution in [0.3, 0.4) is 0 Å². The maximum Gasteiger partial charge on any atom is 0.216 e. The number of nitriles is 1. The van der Waals surface area contributed by atoms with Crippen LogP contribution in [0.2, 0.25) is 0 Å². The summed E-state index contributed by atoms with van der Waals surface area (Å²) < 4.78 is 46.7. The lowest BCUT2D eigenvalue weighted by molar-refractivity contribution is 0.340. The summed E-state index contributed by atoms with van der Waals surface area (Å²) in [6.07, 6.45) is 2.95. The smallest absolute Gasteiger partial charge is 0.216 e. The van der Waals surface area contributed by atoms with Crippen LogP contribution in [0.25, 0.3) is 23.0 Å². The Morgan fingerprint density at radius 2 is 1.82 bits per heavy atom. The predicted molar refractivity (Wildman–Crippen MR) is 127 cm³/mol. The maximum atomic E-state index is 13.3. The van der Waals surface area contributed by atoms with Crippen molar-refractivity contribution >= 4 is 15.9 Å². The van der Waals surface area contributed by atoms with Crippen molar-refractivity contribution in [2.24, 2.45) is 0 Å². The second-order valence-electron chi connectivity index (χ2n) is 7.25. The summed E-state index contributed by atoms with van der Waals surface area (Å²) in [5.41, 5.74) is 2.37. The molecule has 0 spiro atoms. The van der Waals surface area contributed by atoms with Gasteiger partial charge in [-0.25, -0.2) is 17.5 Å². The van der Waals surface area contributed by atoms with Gasteiger partial charge in [-0.3, -0.25) is 0 Å². The first-order valence-electron chi connectivity index (χ1n) is 10.4. The first kappa shape index (κ1) is 23.0. The Hall–Kier alpha value is -4.22. The van der Waals surface area contributed by atoms with E-state index in [1.807, 2.05) is 55.5 Å². The Morgan fingerprint density at radius 3 is 2.50 bits per heavy atom. The molecule has 0 atom stereocenters. The molecule has 0 bridgehead atoms. The van der Waals surface area contributed by atoms with Gasteiger partial charge in [0, 0.05) is 17.3 Å². The Balaban J connectivity index is 1.88. The van der Waals surface area contributed by atoms with E-state index in [1.165, 1.54) is 6.08 Å². The van der Waals surface area contributed by atoms with Gasteiger partial charge in [0.05, 0.1) is 17.2 Å². The van der Waals surface area contributed by atoms with E-state index in [1.54, 1.807) is 23.0 Å². The molecule has 8 heteroatoms. The molecule has 0 N–H and O–H groups in total. The van der Waals surface area contributed by atoms with Gasteiger partial charge in [-0.05, 0) is 61.5 Å². The Kier molecular flexibility index (Phi) is 6.57. The van der Waals surface area contributed by atoms with E-state index in [2.05, 4.69) is 5.10 Å². The fourth-order valence-corrected chi connectivity index (χ4v) is 4.53. The monoisotopic (exact) mass is 473 g/mol. The highest BCUT2D eigenvalue weighted by Crippen LogP contribution is 2.30. The highest BCUT2D eigenvalue weighted by atomic mass is 32.2. The minimum absolute atomic E-state index is 0.169. The number of halogens is 1. The molecular weight excluding hydrogens is 453 g/mol. The predicted octanol–water partition coefficient (Wildman–Crippen LogP) is 5.42. The molecule has 34 heavy (non-hydrogen) atoms. The Morgan fingerprint density at radius 1 is 1.09 bits per heavy atom. The number of rotatable bonds is 7. The van der Waals surface area contributed by atoms with Crippen LogP contribution in [-0.2, 0) is 9.84 Å². The van der Waals surface area contributed by atoms with E-state index < -0.39 is 20.6 Å². The van der Waals surface area contributed by atoms with E-state index in [4.69, 9.17) is 4.74 Å². The lowest BCUT2D eigenvalue weighted by Gasteiger charge is -2.06. The molecule has 0 saturated heterocycles. The Bertz CT molecular complexity index is 1490. The van der Waals surface area contributed by atoms with Crippen LogP contribution in [0, 0.1) is 17.1 Å². The third kappa shape index (κ3) is 4.75. The molecule has 6 nitrogen and oxygen atoms in total.